The lowest BCUT2D eigenvalue weighted by Crippen LogP contribution is -2.34. The Morgan fingerprint density at radius 3 is 2.50 bits per heavy atom. The van der Waals surface area contributed by atoms with Crippen LogP contribution >= 0.6 is 0 Å². The number of rotatable bonds is 6. The third kappa shape index (κ3) is 3.50. The van der Waals surface area contributed by atoms with E-state index >= 15 is 4.39 Å². The summed E-state index contributed by atoms with van der Waals surface area (Å²) in [4.78, 5) is 16.4. The lowest BCUT2D eigenvalue weighted by atomic mass is 9.76. The molecule has 0 aliphatic heterocycles. The molecule has 4 rings (SSSR count). The maximum atomic E-state index is 15.2. The predicted molar refractivity (Wildman–Crippen MR) is 114 cm³/mol. The summed E-state index contributed by atoms with van der Waals surface area (Å²) in [7, 11) is 0. The number of amides is 1. The van der Waals surface area contributed by atoms with Gasteiger partial charge in [-0.15, -0.1) is 0 Å². The Morgan fingerprint density at radius 1 is 1.13 bits per heavy atom. The smallest absolute Gasteiger partial charge is 0.251 e. The van der Waals surface area contributed by atoms with Gasteiger partial charge >= 0.3 is 0 Å². The molecule has 0 bridgehead atoms. The first kappa shape index (κ1) is 19.6. The van der Waals surface area contributed by atoms with Crippen LogP contribution in [0.3, 0.4) is 0 Å². The van der Waals surface area contributed by atoms with E-state index in [4.69, 9.17) is 5.73 Å². The number of nitrogen functional groups attached to an aromatic ring is 1. The summed E-state index contributed by atoms with van der Waals surface area (Å²) in [5.74, 6) is -0.371. The number of fused-ring (bicyclic) bond motifs is 1. The first-order valence-corrected chi connectivity index (χ1v) is 9.67. The van der Waals surface area contributed by atoms with Gasteiger partial charge in [-0.3, -0.25) is 4.79 Å². The molecular weight excluding hydrogens is 381 g/mol. The Bertz CT molecular complexity index is 1180. The Balaban J connectivity index is 1.70. The molecule has 6 nitrogen and oxygen atoms in total. The van der Waals surface area contributed by atoms with Crippen molar-refractivity contribution in [2.75, 3.05) is 12.3 Å². The third-order valence-electron chi connectivity index (χ3n) is 5.44. The summed E-state index contributed by atoms with van der Waals surface area (Å²) in [5, 5.41) is 7.18. The number of hydrogen-bond acceptors (Lipinski definition) is 4. The van der Waals surface area contributed by atoms with Gasteiger partial charge in [0.15, 0.2) is 5.82 Å². The molecule has 0 aliphatic carbocycles. The first-order chi connectivity index (χ1) is 14.5. The van der Waals surface area contributed by atoms with E-state index < -0.39 is 11.2 Å². The topological polar surface area (TPSA) is 85.3 Å². The first-order valence-electron chi connectivity index (χ1n) is 9.67. The highest BCUT2D eigenvalue weighted by Crippen LogP contribution is 2.38. The van der Waals surface area contributed by atoms with Crippen LogP contribution < -0.4 is 11.1 Å². The van der Waals surface area contributed by atoms with Crippen molar-refractivity contribution in [2.45, 2.75) is 18.8 Å². The number of nitrogens with zero attached hydrogens (tertiary/aromatic N) is 3. The minimum absolute atomic E-state index is 0.168. The summed E-state index contributed by atoms with van der Waals surface area (Å²) >= 11 is 0. The van der Waals surface area contributed by atoms with Crippen LogP contribution in [0.25, 0.3) is 5.52 Å². The van der Waals surface area contributed by atoms with Gasteiger partial charge in [0.05, 0.1) is 5.69 Å². The van der Waals surface area contributed by atoms with E-state index in [2.05, 4.69) is 15.4 Å². The van der Waals surface area contributed by atoms with Gasteiger partial charge in [0.1, 0.15) is 17.7 Å². The average molecular weight is 403 g/mol. The molecule has 7 heteroatoms. The Hall–Kier alpha value is -3.74. The fourth-order valence-corrected chi connectivity index (χ4v) is 3.80. The summed E-state index contributed by atoms with van der Waals surface area (Å²) in [6.07, 6.45) is 1.77. The molecule has 1 unspecified atom stereocenters. The molecule has 0 saturated carbocycles. The number of benzene rings is 2. The highest BCUT2D eigenvalue weighted by molar-refractivity contribution is 5.94. The molecule has 1 amide bonds. The molecule has 0 saturated heterocycles. The van der Waals surface area contributed by atoms with E-state index in [0.717, 1.165) is 5.56 Å². The molecule has 4 aromatic rings. The molecule has 0 aliphatic rings. The normalized spacial score (nSPS) is 13.1. The second-order valence-electron chi connectivity index (χ2n) is 7.35. The van der Waals surface area contributed by atoms with Crippen LogP contribution in [0, 0.1) is 5.82 Å². The number of nitrogens with one attached hydrogen (secondary N) is 1. The molecule has 2 aromatic carbocycles. The molecule has 0 fully saturated rings. The van der Waals surface area contributed by atoms with Crippen molar-refractivity contribution in [1.82, 2.24) is 19.9 Å². The van der Waals surface area contributed by atoms with Crippen LogP contribution in [-0.2, 0) is 5.41 Å². The van der Waals surface area contributed by atoms with E-state index in [1.165, 1.54) is 16.9 Å². The van der Waals surface area contributed by atoms with E-state index in [1.807, 2.05) is 55.5 Å². The third-order valence-corrected chi connectivity index (χ3v) is 5.44. The van der Waals surface area contributed by atoms with Crippen molar-refractivity contribution in [3.05, 3.63) is 95.7 Å². The van der Waals surface area contributed by atoms with Gasteiger partial charge in [-0.2, -0.15) is 5.10 Å². The zero-order valence-corrected chi connectivity index (χ0v) is 16.5. The minimum atomic E-state index is -0.761. The molecular formula is C23H22FN5O. The fourth-order valence-electron chi connectivity index (χ4n) is 3.80. The number of nitrogens with two attached hydrogens (primary N) is 1. The zero-order valence-electron chi connectivity index (χ0n) is 16.5. The maximum Gasteiger partial charge on any atom is 0.251 e. The van der Waals surface area contributed by atoms with E-state index in [-0.39, 0.29) is 11.7 Å². The molecule has 152 valence electrons. The summed E-state index contributed by atoms with van der Waals surface area (Å²) in [6, 6.07) is 20.0. The monoisotopic (exact) mass is 403 g/mol. The molecule has 0 spiro atoms. The fraction of sp³-hybridized carbons (Fsp3) is 0.174. The van der Waals surface area contributed by atoms with Gasteiger partial charge in [-0.25, -0.2) is 13.9 Å². The predicted octanol–water partition coefficient (Wildman–Crippen LogP) is 3.58. The quantitative estimate of drug-likeness (QED) is 0.515. The van der Waals surface area contributed by atoms with Gasteiger partial charge in [0.2, 0.25) is 0 Å². The summed E-state index contributed by atoms with van der Waals surface area (Å²) in [5.41, 5.74) is 7.46. The summed E-state index contributed by atoms with van der Waals surface area (Å²) in [6.45, 7) is 2.30. The van der Waals surface area contributed by atoms with Crippen molar-refractivity contribution >= 4 is 17.2 Å². The Labute approximate surface area is 173 Å². The van der Waals surface area contributed by atoms with Crippen LogP contribution in [0.1, 0.15) is 35.0 Å². The summed E-state index contributed by atoms with van der Waals surface area (Å²) < 4.78 is 16.7. The number of carbonyl (C=O) groups is 1. The van der Waals surface area contributed by atoms with Crippen LogP contribution in [-0.4, -0.2) is 27.0 Å². The molecule has 30 heavy (non-hydrogen) atoms. The Kier molecular flexibility index (Phi) is 5.18. The van der Waals surface area contributed by atoms with Crippen molar-refractivity contribution in [3.63, 3.8) is 0 Å². The molecule has 2 heterocycles. The molecule has 0 radical (unpaired) electrons. The molecule has 1 atom stereocenters. The second-order valence-corrected chi connectivity index (χ2v) is 7.35. The largest absolute Gasteiger partial charge is 0.382 e. The number of hydrogen-bond donors (Lipinski definition) is 2. The highest BCUT2D eigenvalue weighted by Gasteiger charge is 2.35. The standard InChI is InChI=1S/C23H22FN5O/c1-23(17-10-6-3-7-11-17,12-13-26-22(30)16-8-4-2-5-9-16)20-18(24)14-19-21(25)27-15-28-29(19)20/h2-11,14-15H,12-13H2,1H3,(H,26,30)(H2,25,27,28). The van der Waals surface area contributed by atoms with Crippen LogP contribution in [0.4, 0.5) is 10.2 Å². The zero-order chi connectivity index (χ0) is 21.1. The van der Waals surface area contributed by atoms with Crippen LogP contribution in [0.2, 0.25) is 0 Å². The van der Waals surface area contributed by atoms with Crippen molar-refractivity contribution in [1.29, 1.82) is 0 Å². The molecule has 2 aromatic heterocycles. The number of carbonyl (C=O) groups excluding carboxylic acids is 1. The van der Waals surface area contributed by atoms with Crippen molar-refractivity contribution in [2.24, 2.45) is 0 Å². The Morgan fingerprint density at radius 2 is 1.80 bits per heavy atom. The van der Waals surface area contributed by atoms with Gasteiger partial charge in [0, 0.05) is 23.6 Å². The number of halogens is 1. The van der Waals surface area contributed by atoms with Gasteiger partial charge in [0.25, 0.3) is 5.91 Å². The average Bonchev–Trinajstić information content (AvgIpc) is 3.12. The van der Waals surface area contributed by atoms with E-state index in [1.54, 1.807) is 12.1 Å². The second kappa shape index (κ2) is 7.94. The highest BCUT2D eigenvalue weighted by atomic mass is 19.1. The lowest BCUT2D eigenvalue weighted by molar-refractivity contribution is 0.0951. The van der Waals surface area contributed by atoms with Crippen molar-refractivity contribution in [3.8, 4) is 0 Å². The van der Waals surface area contributed by atoms with Crippen LogP contribution in [0.15, 0.2) is 73.1 Å². The molecule has 3 N–H and O–H groups in total. The van der Waals surface area contributed by atoms with Gasteiger partial charge < -0.3 is 11.1 Å². The minimum Gasteiger partial charge on any atom is -0.382 e. The SMILES string of the molecule is CC(CCNC(=O)c1ccccc1)(c1ccccc1)c1c(F)cc2c(N)ncnn12. The lowest BCUT2D eigenvalue weighted by Gasteiger charge is -2.30. The van der Waals surface area contributed by atoms with Crippen molar-refractivity contribution < 1.29 is 9.18 Å². The van der Waals surface area contributed by atoms with Crippen LogP contribution in [0.5, 0.6) is 0 Å². The number of anilines is 1. The number of aromatic nitrogens is 3. The maximum absolute atomic E-state index is 15.2. The van der Waals surface area contributed by atoms with E-state index in [0.29, 0.717) is 29.7 Å². The van der Waals surface area contributed by atoms with Gasteiger partial charge in [-0.05, 0) is 31.0 Å². The van der Waals surface area contributed by atoms with Gasteiger partial charge in [-0.1, -0.05) is 48.5 Å². The van der Waals surface area contributed by atoms with E-state index in [9.17, 15) is 4.79 Å².